The van der Waals surface area contributed by atoms with Gasteiger partial charge in [0.2, 0.25) is 5.91 Å². The molecule has 8 heteroatoms. The van der Waals surface area contributed by atoms with E-state index in [9.17, 15) is 28.8 Å². The van der Waals surface area contributed by atoms with E-state index in [1.807, 2.05) is 96.9 Å². The zero-order valence-electron chi connectivity index (χ0n) is 34.7. The number of nitrogens with one attached hydrogen (secondary N) is 2. The monoisotopic (exact) mass is 705 g/mol. The molecule has 0 aliphatic rings. The van der Waals surface area contributed by atoms with Crippen LogP contribution in [0.15, 0.2) is 0 Å². The van der Waals surface area contributed by atoms with Crippen LogP contribution in [-0.4, -0.2) is 52.4 Å². The molecule has 0 bridgehead atoms. The first-order valence-corrected chi connectivity index (χ1v) is 20.0. The van der Waals surface area contributed by atoms with Gasteiger partial charge in [-0.25, -0.2) is 0 Å². The minimum Gasteiger partial charge on any atom is -0.346 e. The minimum absolute atomic E-state index is 0.00881. The quantitative estimate of drug-likeness (QED) is 0.0833. The molecule has 0 saturated heterocycles. The molecule has 0 aromatic carbocycles. The largest absolute Gasteiger partial charge is 0.346 e. The summed E-state index contributed by atoms with van der Waals surface area (Å²) in [7, 11) is 0. The lowest BCUT2D eigenvalue weighted by Crippen LogP contribution is -2.53. The van der Waals surface area contributed by atoms with E-state index >= 15 is 0 Å². The van der Waals surface area contributed by atoms with Crippen molar-refractivity contribution < 1.29 is 28.8 Å². The zero-order chi connectivity index (χ0) is 39.1. The number of carbonyl (C=O) groups excluding carboxylic acids is 6. The molecule has 0 spiro atoms. The molecule has 0 radical (unpaired) electrons. The first kappa shape index (κ1) is 47.8. The predicted molar refractivity (Wildman–Crippen MR) is 205 cm³/mol. The summed E-state index contributed by atoms with van der Waals surface area (Å²) in [6.45, 7) is 27.3. The number of hydrogen-bond acceptors (Lipinski definition) is 7. The summed E-state index contributed by atoms with van der Waals surface area (Å²) in [5.74, 6) is -2.50. The number of ketones is 5. The number of carbonyl (C=O) groups is 6. The summed E-state index contributed by atoms with van der Waals surface area (Å²) >= 11 is 0. The molecule has 0 aromatic rings. The fourth-order valence-corrected chi connectivity index (χ4v) is 6.58. The predicted octanol–water partition coefficient (Wildman–Crippen LogP) is 8.95. The highest BCUT2D eigenvalue weighted by atomic mass is 16.2. The summed E-state index contributed by atoms with van der Waals surface area (Å²) in [5, 5.41) is 6.40. The van der Waals surface area contributed by atoms with Crippen molar-refractivity contribution in [3.8, 4) is 0 Å². The van der Waals surface area contributed by atoms with Crippen LogP contribution in [0.3, 0.4) is 0 Å². The molecule has 8 nitrogen and oxygen atoms in total. The molecule has 0 saturated carbocycles. The molecule has 0 aromatic heterocycles. The maximum absolute atomic E-state index is 14.4. The van der Waals surface area contributed by atoms with Crippen LogP contribution in [0.25, 0.3) is 0 Å². The first-order chi connectivity index (χ1) is 23.2. The number of amides is 1. The molecule has 0 rings (SSSR count). The van der Waals surface area contributed by atoms with E-state index in [0.717, 1.165) is 12.8 Å². The van der Waals surface area contributed by atoms with Gasteiger partial charge in [-0.15, -0.1) is 0 Å². The van der Waals surface area contributed by atoms with Crippen LogP contribution >= 0.6 is 0 Å². The molecule has 0 fully saturated rings. The van der Waals surface area contributed by atoms with Crippen LogP contribution in [0.1, 0.15) is 187 Å². The molecule has 50 heavy (non-hydrogen) atoms. The highest BCUT2D eigenvalue weighted by molar-refractivity contribution is 6.00. The molecule has 0 aliphatic heterocycles. The van der Waals surface area contributed by atoms with E-state index in [4.69, 9.17) is 0 Å². The second-order valence-electron chi connectivity index (χ2n) is 16.0. The van der Waals surface area contributed by atoms with Gasteiger partial charge < -0.3 is 10.6 Å². The Balaban J connectivity index is 7.03. The number of Topliss-reactive ketones (excluding diaryl/α,β-unsaturated/α-hetero) is 5. The first-order valence-electron chi connectivity index (χ1n) is 20.0. The van der Waals surface area contributed by atoms with Gasteiger partial charge >= 0.3 is 0 Å². The average Bonchev–Trinajstić information content (AvgIpc) is 3.12. The molecule has 3 unspecified atom stereocenters. The fourth-order valence-electron chi connectivity index (χ4n) is 6.58. The van der Waals surface area contributed by atoms with Crippen molar-refractivity contribution in [1.29, 1.82) is 0 Å². The van der Waals surface area contributed by atoms with Crippen molar-refractivity contribution in [3.05, 3.63) is 0 Å². The van der Waals surface area contributed by atoms with Gasteiger partial charge in [0.25, 0.3) is 0 Å². The third-order valence-corrected chi connectivity index (χ3v) is 13.2. The normalized spacial score (nSPS) is 14.6. The van der Waals surface area contributed by atoms with Gasteiger partial charge in [0.05, 0.1) is 18.0 Å². The number of rotatable bonds is 28. The summed E-state index contributed by atoms with van der Waals surface area (Å²) in [6, 6.07) is -1.90. The molecule has 0 aliphatic carbocycles. The van der Waals surface area contributed by atoms with Crippen LogP contribution < -0.4 is 10.6 Å². The van der Waals surface area contributed by atoms with Gasteiger partial charge in [-0.1, -0.05) is 90.0 Å². The van der Waals surface area contributed by atoms with Gasteiger partial charge in [-0.2, -0.15) is 0 Å². The molecular weight excluding hydrogens is 628 g/mol. The van der Waals surface area contributed by atoms with Crippen molar-refractivity contribution >= 4 is 34.8 Å². The van der Waals surface area contributed by atoms with Gasteiger partial charge in [0.15, 0.2) is 11.6 Å². The summed E-state index contributed by atoms with van der Waals surface area (Å²) in [5.41, 5.74) is -2.48. The Hall–Kier alpha value is -2.22. The van der Waals surface area contributed by atoms with Crippen LogP contribution in [0.5, 0.6) is 0 Å². The highest BCUT2D eigenvalue weighted by Crippen LogP contribution is 2.34. The second-order valence-corrected chi connectivity index (χ2v) is 16.0. The topological polar surface area (TPSA) is 126 Å². The van der Waals surface area contributed by atoms with Gasteiger partial charge in [0.1, 0.15) is 17.3 Å². The Morgan fingerprint density at radius 2 is 0.880 bits per heavy atom. The van der Waals surface area contributed by atoms with E-state index in [1.54, 1.807) is 0 Å². The van der Waals surface area contributed by atoms with E-state index in [2.05, 4.69) is 10.6 Å². The SMILES string of the molecule is CCC(CC)C(=O)CC(NC(C)(CC)CC)C(=O)CC(CC(=O)C(C)(CC)CC)C(=O)NC(CC(=O)C(C)(CC)CC)C(=O)C(C)(CC)CC. The Morgan fingerprint density at radius 3 is 1.26 bits per heavy atom. The van der Waals surface area contributed by atoms with Crippen LogP contribution in [0, 0.1) is 28.1 Å². The lowest BCUT2D eigenvalue weighted by atomic mass is 9.73. The van der Waals surface area contributed by atoms with Crippen molar-refractivity contribution in [1.82, 2.24) is 10.6 Å². The van der Waals surface area contributed by atoms with Crippen LogP contribution in [0.4, 0.5) is 0 Å². The lowest BCUT2D eigenvalue weighted by molar-refractivity contribution is -0.141. The third-order valence-electron chi connectivity index (χ3n) is 13.2. The summed E-state index contributed by atoms with van der Waals surface area (Å²) in [6.07, 6.45) is 5.72. The van der Waals surface area contributed by atoms with Gasteiger partial charge in [-0.3, -0.25) is 28.8 Å². The zero-order valence-corrected chi connectivity index (χ0v) is 34.7. The molecule has 0 heterocycles. The van der Waals surface area contributed by atoms with Crippen molar-refractivity contribution in [2.45, 2.75) is 204 Å². The van der Waals surface area contributed by atoms with E-state index < -0.39 is 45.7 Å². The van der Waals surface area contributed by atoms with E-state index in [1.165, 1.54) is 0 Å². The Bertz CT molecular complexity index is 1120. The highest BCUT2D eigenvalue weighted by Gasteiger charge is 2.42. The van der Waals surface area contributed by atoms with Crippen molar-refractivity contribution in [3.63, 3.8) is 0 Å². The smallest absolute Gasteiger partial charge is 0.224 e. The van der Waals surface area contributed by atoms with Crippen molar-refractivity contribution in [2.24, 2.45) is 28.1 Å². The van der Waals surface area contributed by atoms with Crippen molar-refractivity contribution in [2.75, 3.05) is 0 Å². The molecule has 290 valence electrons. The third kappa shape index (κ3) is 12.8. The van der Waals surface area contributed by atoms with Gasteiger partial charge in [0, 0.05) is 53.4 Å². The Labute approximate surface area is 306 Å². The Kier molecular flexibility index (Phi) is 20.4. The molecular formula is C42H76N2O6. The second kappa shape index (κ2) is 21.3. The summed E-state index contributed by atoms with van der Waals surface area (Å²) in [4.78, 5) is 83.8. The van der Waals surface area contributed by atoms with Crippen LogP contribution in [0.2, 0.25) is 0 Å². The van der Waals surface area contributed by atoms with E-state index in [0.29, 0.717) is 51.4 Å². The maximum Gasteiger partial charge on any atom is 0.224 e. The Morgan fingerprint density at radius 1 is 0.460 bits per heavy atom. The van der Waals surface area contributed by atoms with E-state index in [-0.39, 0.29) is 60.5 Å². The lowest BCUT2D eigenvalue weighted by Gasteiger charge is -2.35. The standard InChI is InChI=1S/C42H76N2O6/c1-15-29(16-2)33(45)27-31(44-42(14,23-9)24-10)34(46)25-30(26-35(47)39(11,17-3)18-4)38(50)43-32(37(49)41(13,21-7)22-8)28-36(48)40(12,19-5)20-6/h29-32,44H,15-28H2,1-14H3,(H,43,50). The van der Waals surface area contributed by atoms with Gasteiger partial charge in [-0.05, 0) is 71.1 Å². The molecule has 3 atom stereocenters. The number of hydrogen-bond donors (Lipinski definition) is 2. The maximum atomic E-state index is 14.4. The molecule has 2 N–H and O–H groups in total. The minimum atomic E-state index is -1.08. The van der Waals surface area contributed by atoms with Crippen LogP contribution in [-0.2, 0) is 28.8 Å². The molecule has 1 amide bonds. The fraction of sp³-hybridized carbons (Fsp3) is 0.857. The average molecular weight is 705 g/mol. The summed E-state index contributed by atoms with van der Waals surface area (Å²) < 4.78 is 0.